The molecule has 7 heteroatoms. The van der Waals surface area contributed by atoms with Gasteiger partial charge in [0.05, 0.1) is 29.8 Å². The maximum absolute atomic E-state index is 11.4. The van der Waals surface area contributed by atoms with Gasteiger partial charge >= 0.3 is 5.97 Å². The highest BCUT2D eigenvalue weighted by Gasteiger charge is 2.16. The van der Waals surface area contributed by atoms with Crippen molar-refractivity contribution in [3.63, 3.8) is 0 Å². The summed E-state index contributed by atoms with van der Waals surface area (Å²) in [4.78, 5) is 21.6. The van der Waals surface area contributed by atoms with Gasteiger partial charge in [-0.05, 0) is 26.0 Å². The van der Waals surface area contributed by atoms with Crippen LogP contribution in [0.2, 0.25) is 0 Å². The highest BCUT2D eigenvalue weighted by atomic mass is 16.6. The number of aromatic nitrogens is 2. The summed E-state index contributed by atoms with van der Waals surface area (Å²) in [7, 11) is 1.34. The third kappa shape index (κ3) is 2.91. The number of aryl methyl sites for hydroxylation is 1. The molecule has 0 aliphatic rings. The molecule has 1 aromatic carbocycles. The number of rotatable bonds is 4. The van der Waals surface area contributed by atoms with Crippen LogP contribution in [0.3, 0.4) is 0 Å². The van der Waals surface area contributed by atoms with Gasteiger partial charge in [0.25, 0.3) is 5.69 Å². The highest BCUT2D eigenvalue weighted by molar-refractivity contribution is 5.73. The van der Waals surface area contributed by atoms with Gasteiger partial charge in [0.1, 0.15) is 0 Å². The monoisotopic (exact) mass is 289 g/mol. The van der Waals surface area contributed by atoms with E-state index in [1.807, 2.05) is 13.8 Å². The topological polar surface area (TPSA) is 87.3 Å². The first-order valence-electron chi connectivity index (χ1n) is 6.30. The van der Waals surface area contributed by atoms with E-state index >= 15 is 0 Å². The maximum Gasteiger partial charge on any atom is 0.310 e. The number of ether oxygens (including phenoxy) is 1. The molecule has 0 saturated carbocycles. The zero-order chi connectivity index (χ0) is 15.6. The maximum atomic E-state index is 11.4. The number of nitro groups is 1. The number of non-ortho nitro benzene ring substituents is 1. The number of benzene rings is 1. The summed E-state index contributed by atoms with van der Waals surface area (Å²) in [6.07, 6.45) is 0.154. The first-order chi connectivity index (χ1) is 9.93. The first kappa shape index (κ1) is 14.7. The van der Waals surface area contributed by atoms with Gasteiger partial charge < -0.3 is 4.74 Å². The molecule has 2 rings (SSSR count). The van der Waals surface area contributed by atoms with E-state index in [2.05, 4.69) is 9.84 Å². The SMILES string of the molecule is COC(=O)Cc1c(C)nn(-c2ccc([N+](=O)[O-])cc2)c1C. The van der Waals surface area contributed by atoms with Crippen LogP contribution >= 0.6 is 0 Å². The molecule has 1 aromatic heterocycles. The van der Waals surface area contributed by atoms with Crippen LogP contribution in [0.15, 0.2) is 24.3 Å². The lowest BCUT2D eigenvalue weighted by atomic mass is 10.1. The van der Waals surface area contributed by atoms with Crippen molar-refractivity contribution in [1.82, 2.24) is 9.78 Å². The molecule has 0 unspecified atom stereocenters. The lowest BCUT2D eigenvalue weighted by Gasteiger charge is -2.05. The predicted octanol–water partition coefficient (Wildman–Crippen LogP) is 2.11. The first-order valence-corrected chi connectivity index (χ1v) is 6.30. The van der Waals surface area contributed by atoms with E-state index in [1.165, 1.54) is 19.2 Å². The van der Waals surface area contributed by atoms with Gasteiger partial charge in [-0.2, -0.15) is 5.10 Å². The molecular weight excluding hydrogens is 274 g/mol. The van der Waals surface area contributed by atoms with E-state index in [9.17, 15) is 14.9 Å². The van der Waals surface area contributed by atoms with E-state index in [0.29, 0.717) is 5.69 Å². The van der Waals surface area contributed by atoms with Gasteiger partial charge in [-0.1, -0.05) is 0 Å². The van der Waals surface area contributed by atoms with Crippen molar-refractivity contribution in [1.29, 1.82) is 0 Å². The van der Waals surface area contributed by atoms with Crippen LogP contribution < -0.4 is 0 Å². The largest absolute Gasteiger partial charge is 0.469 e. The van der Waals surface area contributed by atoms with E-state index < -0.39 is 4.92 Å². The average Bonchev–Trinajstić information content (AvgIpc) is 2.75. The van der Waals surface area contributed by atoms with Gasteiger partial charge in [0, 0.05) is 23.4 Å². The summed E-state index contributed by atoms with van der Waals surface area (Å²) in [5, 5.41) is 15.0. The van der Waals surface area contributed by atoms with E-state index in [-0.39, 0.29) is 18.1 Å². The third-order valence-corrected chi connectivity index (χ3v) is 3.30. The molecule has 0 aliphatic heterocycles. The van der Waals surface area contributed by atoms with Crippen molar-refractivity contribution in [3.8, 4) is 5.69 Å². The molecule has 0 saturated heterocycles. The molecule has 1 heterocycles. The smallest absolute Gasteiger partial charge is 0.310 e. The Morgan fingerprint density at radius 2 is 1.95 bits per heavy atom. The van der Waals surface area contributed by atoms with E-state index in [0.717, 1.165) is 17.0 Å². The van der Waals surface area contributed by atoms with Gasteiger partial charge in [0.15, 0.2) is 0 Å². The second kappa shape index (κ2) is 5.74. The Kier molecular flexibility index (Phi) is 4.02. The summed E-state index contributed by atoms with van der Waals surface area (Å²) in [5.74, 6) is -0.329. The molecule has 0 radical (unpaired) electrons. The molecule has 7 nitrogen and oxygen atoms in total. The summed E-state index contributed by atoms with van der Waals surface area (Å²) in [6, 6.07) is 6.09. The van der Waals surface area contributed by atoms with Gasteiger partial charge in [-0.25, -0.2) is 4.68 Å². The van der Waals surface area contributed by atoms with Crippen LogP contribution in [-0.4, -0.2) is 27.8 Å². The van der Waals surface area contributed by atoms with Crippen LogP contribution in [0.5, 0.6) is 0 Å². The minimum Gasteiger partial charge on any atom is -0.469 e. The minimum atomic E-state index is -0.451. The van der Waals surface area contributed by atoms with E-state index in [4.69, 9.17) is 0 Å². The van der Waals surface area contributed by atoms with Crippen molar-refractivity contribution in [2.75, 3.05) is 7.11 Å². The van der Waals surface area contributed by atoms with Crippen molar-refractivity contribution in [2.45, 2.75) is 20.3 Å². The molecule has 110 valence electrons. The standard InChI is InChI=1S/C14H15N3O4/c1-9-13(8-14(18)21-3)10(2)16(15-9)11-4-6-12(7-5-11)17(19)20/h4-7H,8H2,1-3H3. The number of methoxy groups -OCH3 is 1. The number of carbonyl (C=O) groups is 1. The molecule has 0 fully saturated rings. The molecular formula is C14H15N3O4. The number of hydrogen-bond donors (Lipinski definition) is 0. The van der Waals surface area contributed by atoms with Crippen molar-refractivity contribution in [2.24, 2.45) is 0 Å². The molecule has 0 bridgehead atoms. The molecule has 2 aromatic rings. The Balaban J connectivity index is 2.38. The summed E-state index contributed by atoms with van der Waals surface area (Å²) >= 11 is 0. The Labute approximate surface area is 121 Å². The van der Waals surface area contributed by atoms with Crippen LogP contribution in [0.4, 0.5) is 5.69 Å². The molecule has 0 spiro atoms. The number of hydrogen-bond acceptors (Lipinski definition) is 5. The summed E-state index contributed by atoms with van der Waals surface area (Å²) in [6.45, 7) is 3.66. The van der Waals surface area contributed by atoms with Crippen LogP contribution in [0.1, 0.15) is 17.0 Å². The van der Waals surface area contributed by atoms with Gasteiger partial charge in [0.2, 0.25) is 0 Å². The fraction of sp³-hybridized carbons (Fsp3) is 0.286. The molecule has 0 aliphatic carbocycles. The summed E-state index contributed by atoms with van der Waals surface area (Å²) < 4.78 is 6.33. The van der Waals surface area contributed by atoms with E-state index in [1.54, 1.807) is 16.8 Å². The fourth-order valence-electron chi connectivity index (χ4n) is 2.11. The second-order valence-electron chi connectivity index (χ2n) is 4.59. The number of esters is 1. The Hall–Kier alpha value is -2.70. The minimum absolute atomic E-state index is 0.0232. The Bertz CT molecular complexity index is 689. The Morgan fingerprint density at radius 1 is 1.33 bits per heavy atom. The molecule has 21 heavy (non-hydrogen) atoms. The molecule has 0 N–H and O–H groups in total. The van der Waals surface area contributed by atoms with Gasteiger partial charge in [-0.3, -0.25) is 14.9 Å². The fourth-order valence-corrected chi connectivity index (χ4v) is 2.11. The average molecular weight is 289 g/mol. The third-order valence-electron chi connectivity index (χ3n) is 3.30. The second-order valence-corrected chi connectivity index (χ2v) is 4.59. The van der Waals surface area contributed by atoms with Crippen molar-refractivity contribution in [3.05, 3.63) is 51.3 Å². The molecule has 0 atom stereocenters. The summed E-state index contributed by atoms with van der Waals surface area (Å²) in [5.41, 5.74) is 3.08. The van der Waals surface area contributed by atoms with Crippen LogP contribution in [0.25, 0.3) is 5.69 Å². The van der Waals surface area contributed by atoms with Crippen LogP contribution in [-0.2, 0) is 16.0 Å². The quantitative estimate of drug-likeness (QED) is 0.488. The zero-order valence-corrected chi connectivity index (χ0v) is 12.0. The highest BCUT2D eigenvalue weighted by Crippen LogP contribution is 2.20. The normalized spacial score (nSPS) is 10.4. The lowest BCUT2D eigenvalue weighted by molar-refractivity contribution is -0.384. The number of carbonyl (C=O) groups excluding carboxylic acids is 1. The van der Waals surface area contributed by atoms with Crippen LogP contribution in [0, 0.1) is 24.0 Å². The van der Waals surface area contributed by atoms with Crippen molar-refractivity contribution >= 4 is 11.7 Å². The Morgan fingerprint density at radius 3 is 2.48 bits per heavy atom. The predicted molar refractivity (Wildman–Crippen MR) is 75.4 cm³/mol. The lowest BCUT2D eigenvalue weighted by Crippen LogP contribution is -2.06. The van der Waals surface area contributed by atoms with Crippen molar-refractivity contribution < 1.29 is 14.5 Å². The number of nitrogens with zero attached hydrogens (tertiary/aromatic N) is 3. The van der Waals surface area contributed by atoms with Gasteiger partial charge in [-0.15, -0.1) is 0 Å². The number of nitro benzene ring substituents is 1. The molecule has 0 amide bonds. The zero-order valence-electron chi connectivity index (χ0n) is 12.0.